The van der Waals surface area contributed by atoms with Crippen LogP contribution in [0.2, 0.25) is 5.02 Å². The Hall–Kier alpha value is -2.48. The van der Waals surface area contributed by atoms with E-state index >= 15 is 0 Å². The molecule has 0 fully saturated rings. The number of hydrogen-bond acceptors (Lipinski definition) is 6. The zero-order chi connectivity index (χ0) is 17.2. The molecule has 8 heteroatoms. The lowest BCUT2D eigenvalue weighted by Gasteiger charge is -2.11. The summed E-state index contributed by atoms with van der Waals surface area (Å²) in [6.07, 6.45) is 3.08. The van der Waals surface area contributed by atoms with Crippen LogP contribution in [0.15, 0.2) is 63.6 Å². The molecule has 4 rings (SSSR count). The molecule has 0 radical (unpaired) electrons. The van der Waals surface area contributed by atoms with Gasteiger partial charge in [0.2, 0.25) is 5.13 Å². The van der Waals surface area contributed by atoms with Gasteiger partial charge in [0.1, 0.15) is 0 Å². The molecule has 0 aliphatic heterocycles. The van der Waals surface area contributed by atoms with Gasteiger partial charge in [-0.3, -0.25) is 4.79 Å². The highest BCUT2D eigenvalue weighted by Gasteiger charge is 2.23. The molecule has 0 spiro atoms. The summed E-state index contributed by atoms with van der Waals surface area (Å²) in [5.41, 5.74) is 0.757. The van der Waals surface area contributed by atoms with Gasteiger partial charge >= 0.3 is 5.91 Å². The maximum Gasteiger partial charge on any atom is 0.316 e. The molecule has 1 aromatic carbocycles. The third-order valence-corrected chi connectivity index (χ3v) is 5.32. The number of carbonyl (C=O) groups is 1. The molecule has 1 amide bonds. The van der Waals surface area contributed by atoms with Crippen LogP contribution in [0.4, 0.5) is 5.13 Å². The fourth-order valence-corrected chi connectivity index (χ4v) is 3.93. The molecule has 0 aliphatic carbocycles. The standard InChI is InChI=1S/C17H10ClN3O2S2/c18-11-5-6-13-15(9-11)25-17(20-13)21(16(22)14-4-1-7-23-14)19-10-12-3-2-8-24-12/h1-10H/b19-10-. The predicted molar refractivity (Wildman–Crippen MR) is 102 cm³/mol. The van der Waals surface area contributed by atoms with Crippen LogP contribution in [-0.2, 0) is 0 Å². The van der Waals surface area contributed by atoms with Crippen LogP contribution in [0.3, 0.4) is 0 Å². The molecule has 124 valence electrons. The number of hydrazone groups is 1. The molecule has 5 nitrogen and oxygen atoms in total. The van der Waals surface area contributed by atoms with E-state index in [1.807, 2.05) is 29.6 Å². The molecule has 0 saturated heterocycles. The highest BCUT2D eigenvalue weighted by Crippen LogP contribution is 2.31. The first kappa shape index (κ1) is 16.0. The highest BCUT2D eigenvalue weighted by atomic mass is 35.5. The zero-order valence-corrected chi connectivity index (χ0v) is 15.0. The van der Waals surface area contributed by atoms with E-state index in [1.165, 1.54) is 33.9 Å². The second-order valence-corrected chi connectivity index (χ2v) is 7.39. The van der Waals surface area contributed by atoms with E-state index in [9.17, 15) is 4.79 Å². The molecule has 0 unspecified atom stereocenters. The second kappa shape index (κ2) is 6.79. The molecule has 25 heavy (non-hydrogen) atoms. The number of thiophene rings is 1. The number of fused-ring (bicyclic) bond motifs is 1. The molecule has 0 saturated carbocycles. The van der Waals surface area contributed by atoms with Crippen molar-refractivity contribution >= 4 is 61.7 Å². The first-order valence-corrected chi connectivity index (χ1v) is 9.30. The van der Waals surface area contributed by atoms with E-state index < -0.39 is 0 Å². The van der Waals surface area contributed by atoms with Gasteiger partial charge in [-0.2, -0.15) is 10.1 Å². The van der Waals surface area contributed by atoms with Gasteiger partial charge in [-0.1, -0.05) is 29.0 Å². The van der Waals surface area contributed by atoms with Crippen molar-refractivity contribution in [3.05, 3.63) is 69.8 Å². The molecule has 0 aliphatic rings. The van der Waals surface area contributed by atoms with Crippen molar-refractivity contribution < 1.29 is 9.21 Å². The Balaban J connectivity index is 1.76. The van der Waals surface area contributed by atoms with E-state index in [1.54, 1.807) is 24.4 Å². The van der Waals surface area contributed by atoms with E-state index in [-0.39, 0.29) is 11.7 Å². The van der Waals surface area contributed by atoms with E-state index in [2.05, 4.69) is 10.1 Å². The lowest BCUT2D eigenvalue weighted by Crippen LogP contribution is -2.25. The first-order valence-electron chi connectivity index (χ1n) is 7.22. The average Bonchev–Trinajstić information content (AvgIpc) is 3.36. The quantitative estimate of drug-likeness (QED) is 0.353. The number of thiazole rings is 1. The van der Waals surface area contributed by atoms with E-state index in [0.29, 0.717) is 10.2 Å². The van der Waals surface area contributed by atoms with Crippen LogP contribution in [-0.4, -0.2) is 17.1 Å². The minimum Gasteiger partial charge on any atom is -0.459 e. The van der Waals surface area contributed by atoms with Gasteiger partial charge in [-0.05, 0) is 41.8 Å². The van der Waals surface area contributed by atoms with Crippen molar-refractivity contribution in [3.8, 4) is 0 Å². The molecular formula is C17H10ClN3O2S2. The fourth-order valence-electron chi connectivity index (χ4n) is 2.15. The van der Waals surface area contributed by atoms with Gasteiger partial charge in [0.15, 0.2) is 5.76 Å². The smallest absolute Gasteiger partial charge is 0.316 e. The number of aromatic nitrogens is 1. The normalized spacial score (nSPS) is 11.4. The summed E-state index contributed by atoms with van der Waals surface area (Å²) in [5, 5.41) is 8.60. The minimum atomic E-state index is -0.386. The van der Waals surface area contributed by atoms with Crippen molar-refractivity contribution in [2.75, 3.05) is 5.01 Å². The molecule has 0 N–H and O–H groups in total. The number of amides is 1. The number of hydrogen-bond donors (Lipinski definition) is 0. The maximum absolute atomic E-state index is 12.8. The zero-order valence-electron chi connectivity index (χ0n) is 12.6. The fraction of sp³-hybridized carbons (Fsp3) is 0. The third-order valence-electron chi connectivity index (χ3n) is 3.29. The average molecular weight is 388 g/mol. The summed E-state index contributed by atoms with van der Waals surface area (Å²) in [7, 11) is 0. The van der Waals surface area contributed by atoms with Crippen molar-refractivity contribution in [1.82, 2.24) is 4.98 Å². The topological polar surface area (TPSA) is 58.7 Å². The van der Waals surface area contributed by atoms with Gasteiger partial charge in [-0.25, -0.2) is 4.98 Å². The summed E-state index contributed by atoms with van der Waals surface area (Å²) < 4.78 is 6.10. The van der Waals surface area contributed by atoms with Crippen LogP contribution in [0.5, 0.6) is 0 Å². The van der Waals surface area contributed by atoms with Gasteiger partial charge in [-0.15, -0.1) is 11.3 Å². The second-order valence-electron chi connectivity index (χ2n) is 4.96. The lowest BCUT2D eigenvalue weighted by atomic mass is 10.3. The summed E-state index contributed by atoms with van der Waals surface area (Å²) >= 11 is 8.91. The molecule has 3 heterocycles. The third kappa shape index (κ3) is 3.34. The monoisotopic (exact) mass is 387 g/mol. The molecule has 3 aromatic heterocycles. The summed E-state index contributed by atoms with van der Waals surface area (Å²) in [4.78, 5) is 18.2. The van der Waals surface area contributed by atoms with Gasteiger partial charge in [0.05, 0.1) is 22.7 Å². The molecule has 0 atom stereocenters. The summed E-state index contributed by atoms with van der Waals surface area (Å²) in [6, 6.07) is 12.5. The number of nitrogens with zero attached hydrogens (tertiary/aromatic N) is 3. The van der Waals surface area contributed by atoms with Crippen molar-refractivity contribution in [1.29, 1.82) is 0 Å². The number of benzene rings is 1. The van der Waals surface area contributed by atoms with E-state index in [0.717, 1.165) is 15.1 Å². The number of furan rings is 1. The van der Waals surface area contributed by atoms with Crippen LogP contribution in [0.25, 0.3) is 10.2 Å². The minimum absolute atomic E-state index is 0.195. The van der Waals surface area contributed by atoms with Gasteiger partial charge < -0.3 is 4.42 Å². The highest BCUT2D eigenvalue weighted by molar-refractivity contribution is 7.22. The Morgan fingerprint density at radius 3 is 2.96 bits per heavy atom. The largest absolute Gasteiger partial charge is 0.459 e. The number of anilines is 1. The number of halogens is 1. The molecule has 4 aromatic rings. The summed E-state index contributed by atoms with van der Waals surface area (Å²) in [5.74, 6) is -0.191. The van der Waals surface area contributed by atoms with Gasteiger partial charge in [0, 0.05) is 9.90 Å². The Labute approximate surface area is 155 Å². The first-order chi connectivity index (χ1) is 12.2. The van der Waals surface area contributed by atoms with E-state index in [4.69, 9.17) is 16.0 Å². The lowest BCUT2D eigenvalue weighted by molar-refractivity contribution is 0.0961. The molecular weight excluding hydrogens is 378 g/mol. The van der Waals surface area contributed by atoms with Crippen molar-refractivity contribution in [2.24, 2.45) is 5.10 Å². The van der Waals surface area contributed by atoms with Crippen molar-refractivity contribution in [3.63, 3.8) is 0 Å². The Kier molecular flexibility index (Phi) is 4.35. The Morgan fingerprint density at radius 1 is 1.28 bits per heavy atom. The van der Waals surface area contributed by atoms with Crippen LogP contribution in [0.1, 0.15) is 15.4 Å². The van der Waals surface area contributed by atoms with Crippen LogP contribution >= 0.6 is 34.3 Å². The SMILES string of the molecule is O=C(c1ccco1)N(/N=C\c1cccs1)c1nc2ccc(Cl)cc2s1. The number of rotatable bonds is 4. The Bertz CT molecular complexity index is 1040. The van der Waals surface area contributed by atoms with Crippen LogP contribution in [0, 0.1) is 0 Å². The molecule has 0 bridgehead atoms. The maximum atomic E-state index is 12.8. The number of carbonyl (C=O) groups excluding carboxylic acids is 1. The summed E-state index contributed by atoms with van der Waals surface area (Å²) in [6.45, 7) is 0. The predicted octanol–water partition coefficient (Wildman–Crippen LogP) is 5.29. The van der Waals surface area contributed by atoms with Crippen LogP contribution < -0.4 is 5.01 Å². The van der Waals surface area contributed by atoms with Gasteiger partial charge in [0.25, 0.3) is 0 Å². The van der Waals surface area contributed by atoms with Crippen molar-refractivity contribution in [2.45, 2.75) is 0 Å². The Morgan fingerprint density at radius 2 is 2.20 bits per heavy atom.